The molecule has 0 heterocycles. The van der Waals surface area contributed by atoms with Crippen LogP contribution in [0.2, 0.25) is 0 Å². The maximum Gasteiger partial charge on any atom is 0.124 e. The van der Waals surface area contributed by atoms with Crippen molar-refractivity contribution in [1.29, 1.82) is 0 Å². The smallest absolute Gasteiger partial charge is 0.124 e. The van der Waals surface area contributed by atoms with E-state index in [1.165, 1.54) is 24.8 Å². The van der Waals surface area contributed by atoms with Crippen molar-refractivity contribution in [2.45, 2.75) is 51.2 Å². The van der Waals surface area contributed by atoms with Crippen molar-refractivity contribution in [3.8, 4) is 5.75 Å². The van der Waals surface area contributed by atoms with Crippen molar-refractivity contribution in [1.82, 2.24) is 5.32 Å². The van der Waals surface area contributed by atoms with Gasteiger partial charge in [-0.15, -0.1) is 0 Å². The van der Waals surface area contributed by atoms with Crippen LogP contribution in [0.1, 0.15) is 51.1 Å². The van der Waals surface area contributed by atoms with E-state index < -0.39 is 0 Å². The van der Waals surface area contributed by atoms with Crippen molar-refractivity contribution < 1.29 is 9.47 Å². The van der Waals surface area contributed by atoms with Crippen LogP contribution in [0.5, 0.6) is 5.75 Å². The topological polar surface area (TPSA) is 30.5 Å². The molecule has 1 aliphatic carbocycles. The van der Waals surface area contributed by atoms with Crippen LogP contribution < -0.4 is 10.1 Å². The zero-order valence-electron chi connectivity index (χ0n) is 12.9. The van der Waals surface area contributed by atoms with Crippen LogP contribution in [0.25, 0.3) is 0 Å². The molecule has 112 valence electrons. The molecule has 2 rings (SSSR count). The molecule has 1 atom stereocenters. The van der Waals surface area contributed by atoms with E-state index in [-0.39, 0.29) is 5.60 Å². The Bertz CT molecular complexity index is 410. The largest absolute Gasteiger partial charge is 0.494 e. The first-order valence-electron chi connectivity index (χ1n) is 7.75. The van der Waals surface area contributed by atoms with Gasteiger partial charge in [0.25, 0.3) is 0 Å². The highest BCUT2D eigenvalue weighted by Crippen LogP contribution is 2.43. The average Bonchev–Trinajstić information content (AvgIpc) is 2.43. The standard InChI is InChI=1S/C17H27NO2/c1-4-18-15(13-17(19-3)11-8-12-17)14-9-6-7-10-16(14)20-5-2/h6-7,9-10,15,18H,4-5,8,11-13H2,1-3H3. The fourth-order valence-corrected chi connectivity index (χ4v) is 3.03. The van der Waals surface area contributed by atoms with Crippen LogP contribution in [0.15, 0.2) is 24.3 Å². The highest BCUT2D eigenvalue weighted by Gasteiger charge is 2.39. The summed E-state index contributed by atoms with van der Waals surface area (Å²) in [5.41, 5.74) is 1.31. The van der Waals surface area contributed by atoms with Crippen LogP contribution >= 0.6 is 0 Å². The Labute approximate surface area is 122 Å². The second-order valence-corrected chi connectivity index (χ2v) is 5.53. The molecule has 1 aliphatic rings. The molecule has 3 heteroatoms. The molecule has 1 fully saturated rings. The molecule has 0 bridgehead atoms. The van der Waals surface area contributed by atoms with Gasteiger partial charge in [0.2, 0.25) is 0 Å². The van der Waals surface area contributed by atoms with Crippen molar-refractivity contribution in [2.75, 3.05) is 20.3 Å². The van der Waals surface area contributed by atoms with Crippen molar-refractivity contribution in [2.24, 2.45) is 0 Å². The molecular weight excluding hydrogens is 250 g/mol. The monoisotopic (exact) mass is 277 g/mol. The predicted octanol–water partition coefficient (Wildman–Crippen LogP) is 3.70. The van der Waals surface area contributed by atoms with Crippen LogP contribution in [0.4, 0.5) is 0 Å². The van der Waals surface area contributed by atoms with E-state index in [0.29, 0.717) is 12.6 Å². The van der Waals surface area contributed by atoms with E-state index >= 15 is 0 Å². The molecule has 0 saturated heterocycles. The molecule has 0 radical (unpaired) electrons. The molecule has 0 aromatic heterocycles. The van der Waals surface area contributed by atoms with Gasteiger partial charge in [-0.25, -0.2) is 0 Å². The van der Waals surface area contributed by atoms with Gasteiger partial charge < -0.3 is 14.8 Å². The first-order chi connectivity index (χ1) is 9.74. The molecule has 3 nitrogen and oxygen atoms in total. The van der Waals surface area contributed by atoms with Crippen LogP contribution in [-0.2, 0) is 4.74 Å². The molecule has 20 heavy (non-hydrogen) atoms. The van der Waals surface area contributed by atoms with Crippen LogP contribution in [0, 0.1) is 0 Å². The molecule has 1 aromatic rings. The molecule has 0 amide bonds. The fraction of sp³-hybridized carbons (Fsp3) is 0.647. The predicted molar refractivity (Wildman–Crippen MR) is 82.2 cm³/mol. The Morgan fingerprint density at radius 1 is 1.25 bits per heavy atom. The summed E-state index contributed by atoms with van der Waals surface area (Å²) in [6, 6.07) is 8.64. The van der Waals surface area contributed by atoms with E-state index in [2.05, 4.69) is 30.4 Å². The van der Waals surface area contributed by atoms with E-state index in [1.54, 1.807) is 0 Å². The number of rotatable bonds is 8. The lowest BCUT2D eigenvalue weighted by Crippen LogP contribution is -2.43. The lowest BCUT2D eigenvalue weighted by molar-refractivity contribution is -0.0838. The van der Waals surface area contributed by atoms with E-state index in [4.69, 9.17) is 9.47 Å². The molecular formula is C17H27NO2. The zero-order chi connectivity index (χ0) is 14.4. The minimum Gasteiger partial charge on any atom is -0.494 e. The highest BCUT2D eigenvalue weighted by molar-refractivity contribution is 5.36. The summed E-state index contributed by atoms with van der Waals surface area (Å²) in [5.74, 6) is 0.992. The minimum atomic E-state index is 0.0617. The lowest BCUT2D eigenvalue weighted by atomic mass is 9.74. The maximum atomic E-state index is 5.79. The van der Waals surface area contributed by atoms with Gasteiger partial charge in [-0.2, -0.15) is 0 Å². The Kier molecular flexibility index (Phi) is 5.44. The van der Waals surface area contributed by atoms with Gasteiger partial charge in [-0.3, -0.25) is 0 Å². The van der Waals surface area contributed by atoms with Gasteiger partial charge in [0.15, 0.2) is 0 Å². The first kappa shape index (κ1) is 15.3. The van der Waals surface area contributed by atoms with Gasteiger partial charge in [0, 0.05) is 18.7 Å². The molecule has 1 N–H and O–H groups in total. The van der Waals surface area contributed by atoms with E-state index in [0.717, 1.165) is 18.7 Å². The van der Waals surface area contributed by atoms with Crippen molar-refractivity contribution in [3.63, 3.8) is 0 Å². The van der Waals surface area contributed by atoms with Gasteiger partial charge in [-0.1, -0.05) is 25.1 Å². The number of nitrogens with one attached hydrogen (secondary N) is 1. The van der Waals surface area contributed by atoms with E-state index in [9.17, 15) is 0 Å². The van der Waals surface area contributed by atoms with Gasteiger partial charge in [0.1, 0.15) is 5.75 Å². The normalized spacial score (nSPS) is 18.4. The quantitative estimate of drug-likeness (QED) is 0.786. The summed E-state index contributed by atoms with van der Waals surface area (Å²) in [5, 5.41) is 3.60. The Hall–Kier alpha value is -1.06. The first-order valence-corrected chi connectivity index (χ1v) is 7.75. The van der Waals surface area contributed by atoms with Crippen molar-refractivity contribution >= 4 is 0 Å². The summed E-state index contributed by atoms with van der Waals surface area (Å²) >= 11 is 0. The number of para-hydroxylation sites is 1. The highest BCUT2D eigenvalue weighted by atomic mass is 16.5. The summed E-state index contributed by atoms with van der Waals surface area (Å²) < 4.78 is 11.6. The Balaban J connectivity index is 2.19. The molecule has 0 aliphatic heterocycles. The van der Waals surface area contributed by atoms with Gasteiger partial charge >= 0.3 is 0 Å². The number of hydrogen-bond acceptors (Lipinski definition) is 3. The third kappa shape index (κ3) is 3.33. The Morgan fingerprint density at radius 2 is 2.00 bits per heavy atom. The molecule has 1 unspecified atom stereocenters. The molecule has 1 saturated carbocycles. The second kappa shape index (κ2) is 7.09. The fourth-order valence-electron chi connectivity index (χ4n) is 3.03. The third-order valence-corrected chi connectivity index (χ3v) is 4.32. The van der Waals surface area contributed by atoms with E-state index in [1.807, 2.05) is 20.1 Å². The molecule has 0 spiro atoms. The van der Waals surface area contributed by atoms with Gasteiger partial charge in [-0.05, 0) is 45.2 Å². The number of ether oxygens (including phenoxy) is 2. The molecule has 1 aromatic carbocycles. The summed E-state index contributed by atoms with van der Waals surface area (Å²) in [6.45, 7) is 5.83. The third-order valence-electron chi connectivity index (χ3n) is 4.32. The number of methoxy groups -OCH3 is 1. The van der Waals surface area contributed by atoms with Crippen LogP contribution in [-0.4, -0.2) is 25.9 Å². The Morgan fingerprint density at radius 3 is 2.55 bits per heavy atom. The maximum absolute atomic E-state index is 5.79. The summed E-state index contributed by atoms with van der Waals surface area (Å²) in [4.78, 5) is 0. The summed E-state index contributed by atoms with van der Waals surface area (Å²) in [6.07, 6.45) is 4.63. The number of benzene rings is 1. The summed E-state index contributed by atoms with van der Waals surface area (Å²) in [7, 11) is 1.84. The SMILES string of the molecule is CCNC(CC1(OC)CCC1)c1ccccc1OCC. The average molecular weight is 277 g/mol. The van der Waals surface area contributed by atoms with Crippen LogP contribution in [0.3, 0.4) is 0 Å². The number of hydrogen-bond donors (Lipinski definition) is 1. The second-order valence-electron chi connectivity index (χ2n) is 5.53. The minimum absolute atomic E-state index is 0.0617. The van der Waals surface area contributed by atoms with Crippen molar-refractivity contribution in [3.05, 3.63) is 29.8 Å². The lowest BCUT2D eigenvalue weighted by Gasteiger charge is -2.43. The van der Waals surface area contributed by atoms with Gasteiger partial charge in [0.05, 0.1) is 12.2 Å². The zero-order valence-corrected chi connectivity index (χ0v) is 12.9.